The third-order valence-electron chi connectivity index (χ3n) is 4.16. The van der Waals surface area contributed by atoms with Gasteiger partial charge in [-0.15, -0.1) is 0 Å². The van der Waals surface area contributed by atoms with Crippen molar-refractivity contribution in [2.45, 2.75) is 33.8 Å². The van der Waals surface area contributed by atoms with E-state index in [4.69, 9.17) is 10.6 Å². The van der Waals surface area contributed by atoms with Crippen LogP contribution in [0.5, 0.6) is 5.88 Å². The van der Waals surface area contributed by atoms with Crippen molar-refractivity contribution in [2.24, 2.45) is 5.84 Å². The molecule has 0 atom stereocenters. The highest BCUT2D eigenvalue weighted by Crippen LogP contribution is 2.29. The standard InChI is InChI=1S/C19H25N3O3/c1-13-16(12-23)6-4-7-17(13)18-8-9-19(21-14(18)2)25-11-5-10-22(20)15(3)24/h4,6-9,23H,5,10-12,20H2,1-3H3. The number of ether oxygens (including phenoxy) is 1. The molecule has 1 amide bonds. The van der Waals surface area contributed by atoms with Gasteiger partial charge < -0.3 is 9.84 Å². The molecule has 2 rings (SSSR count). The number of aromatic nitrogens is 1. The molecule has 6 heteroatoms. The molecule has 0 aliphatic heterocycles. The molecule has 0 fully saturated rings. The van der Waals surface area contributed by atoms with Crippen LogP contribution in [0.4, 0.5) is 0 Å². The summed E-state index contributed by atoms with van der Waals surface area (Å²) in [5.74, 6) is 5.91. The van der Waals surface area contributed by atoms with Crippen LogP contribution in [0, 0.1) is 13.8 Å². The number of nitrogens with zero attached hydrogens (tertiary/aromatic N) is 2. The molecule has 0 saturated heterocycles. The maximum atomic E-state index is 11.0. The molecule has 1 aromatic carbocycles. The third kappa shape index (κ3) is 4.78. The van der Waals surface area contributed by atoms with E-state index in [1.54, 1.807) is 0 Å². The molecule has 1 aromatic heterocycles. The molecule has 0 aliphatic rings. The first kappa shape index (κ1) is 18.9. The Balaban J connectivity index is 2.05. The Labute approximate surface area is 148 Å². The summed E-state index contributed by atoms with van der Waals surface area (Å²) < 4.78 is 5.64. The molecule has 3 N–H and O–H groups in total. The number of aryl methyl sites for hydroxylation is 1. The maximum Gasteiger partial charge on any atom is 0.233 e. The highest BCUT2D eigenvalue weighted by molar-refractivity contribution is 5.72. The van der Waals surface area contributed by atoms with Crippen LogP contribution < -0.4 is 10.6 Å². The van der Waals surface area contributed by atoms with Gasteiger partial charge in [-0.3, -0.25) is 9.80 Å². The fourth-order valence-corrected chi connectivity index (χ4v) is 2.62. The van der Waals surface area contributed by atoms with Gasteiger partial charge in [0.25, 0.3) is 0 Å². The first-order valence-corrected chi connectivity index (χ1v) is 8.27. The van der Waals surface area contributed by atoms with Crippen molar-refractivity contribution in [3.8, 4) is 17.0 Å². The summed E-state index contributed by atoms with van der Waals surface area (Å²) in [7, 11) is 0. The molecule has 0 saturated carbocycles. The summed E-state index contributed by atoms with van der Waals surface area (Å²) in [6.45, 7) is 6.26. The van der Waals surface area contributed by atoms with E-state index in [9.17, 15) is 9.90 Å². The minimum absolute atomic E-state index is 0.0196. The number of carbonyl (C=O) groups excluding carboxylic acids is 1. The third-order valence-corrected chi connectivity index (χ3v) is 4.16. The van der Waals surface area contributed by atoms with Gasteiger partial charge in [0.1, 0.15) is 0 Å². The monoisotopic (exact) mass is 343 g/mol. The lowest BCUT2D eigenvalue weighted by atomic mass is 9.96. The fraction of sp³-hybridized carbons (Fsp3) is 0.368. The largest absolute Gasteiger partial charge is 0.478 e. The zero-order valence-electron chi connectivity index (χ0n) is 15.0. The molecule has 25 heavy (non-hydrogen) atoms. The predicted octanol–water partition coefficient (Wildman–Crippen LogP) is 2.35. The van der Waals surface area contributed by atoms with Gasteiger partial charge in [-0.2, -0.15) is 0 Å². The molecule has 1 heterocycles. The number of benzene rings is 1. The Morgan fingerprint density at radius 1 is 1.24 bits per heavy atom. The normalized spacial score (nSPS) is 10.6. The SMILES string of the molecule is CC(=O)N(N)CCCOc1ccc(-c2cccc(CO)c2C)c(C)n1. The van der Waals surface area contributed by atoms with Crippen molar-refractivity contribution in [3.63, 3.8) is 0 Å². The number of hydrogen-bond donors (Lipinski definition) is 2. The quantitative estimate of drug-likeness (QED) is 0.349. The summed E-state index contributed by atoms with van der Waals surface area (Å²) >= 11 is 0. The molecular weight excluding hydrogens is 318 g/mol. The summed E-state index contributed by atoms with van der Waals surface area (Å²) in [6, 6.07) is 9.69. The van der Waals surface area contributed by atoms with Crippen LogP contribution in [0.15, 0.2) is 30.3 Å². The summed E-state index contributed by atoms with van der Waals surface area (Å²) in [5.41, 5.74) is 4.90. The van der Waals surface area contributed by atoms with Crippen LogP contribution in [-0.4, -0.2) is 34.2 Å². The lowest BCUT2D eigenvalue weighted by Gasteiger charge is -2.15. The molecule has 2 aromatic rings. The Bertz CT molecular complexity index is 747. The van der Waals surface area contributed by atoms with Gasteiger partial charge in [-0.25, -0.2) is 10.8 Å². The molecule has 0 radical (unpaired) electrons. The topological polar surface area (TPSA) is 88.7 Å². The number of nitrogens with two attached hydrogens (primary N) is 1. The first-order valence-electron chi connectivity index (χ1n) is 8.27. The average Bonchev–Trinajstić information content (AvgIpc) is 2.59. The van der Waals surface area contributed by atoms with Crippen molar-refractivity contribution >= 4 is 5.91 Å². The number of aliphatic hydroxyl groups is 1. The summed E-state index contributed by atoms with van der Waals surface area (Å²) in [4.78, 5) is 15.5. The zero-order valence-corrected chi connectivity index (χ0v) is 15.0. The minimum Gasteiger partial charge on any atom is -0.478 e. The molecule has 0 unspecified atom stereocenters. The van der Waals surface area contributed by atoms with E-state index in [1.807, 2.05) is 44.2 Å². The lowest BCUT2D eigenvalue weighted by Crippen LogP contribution is -2.36. The van der Waals surface area contributed by atoms with Gasteiger partial charge in [-0.1, -0.05) is 18.2 Å². The maximum absolute atomic E-state index is 11.0. The predicted molar refractivity (Wildman–Crippen MR) is 96.8 cm³/mol. The Hall–Kier alpha value is -2.44. The number of carbonyl (C=O) groups is 1. The number of amides is 1. The van der Waals surface area contributed by atoms with Gasteiger partial charge >= 0.3 is 0 Å². The summed E-state index contributed by atoms with van der Waals surface area (Å²) in [6.07, 6.45) is 0.635. The summed E-state index contributed by atoms with van der Waals surface area (Å²) in [5, 5.41) is 10.6. The molecule has 6 nitrogen and oxygen atoms in total. The number of pyridine rings is 1. The van der Waals surface area contributed by atoms with Crippen molar-refractivity contribution in [1.29, 1.82) is 0 Å². The van der Waals surface area contributed by atoms with E-state index in [0.29, 0.717) is 25.5 Å². The van der Waals surface area contributed by atoms with E-state index >= 15 is 0 Å². The smallest absolute Gasteiger partial charge is 0.233 e. The fourth-order valence-electron chi connectivity index (χ4n) is 2.62. The second kappa shape index (κ2) is 8.60. The van der Waals surface area contributed by atoms with Crippen LogP contribution in [0.25, 0.3) is 11.1 Å². The van der Waals surface area contributed by atoms with E-state index in [1.165, 1.54) is 11.9 Å². The molecular formula is C19H25N3O3. The van der Waals surface area contributed by atoms with Gasteiger partial charge in [-0.05, 0) is 36.6 Å². The zero-order chi connectivity index (χ0) is 18.4. The Morgan fingerprint density at radius 3 is 2.64 bits per heavy atom. The van der Waals surface area contributed by atoms with Gasteiger partial charge in [0.2, 0.25) is 11.8 Å². The molecule has 0 aliphatic carbocycles. The number of aliphatic hydroxyl groups excluding tert-OH is 1. The van der Waals surface area contributed by atoms with Gasteiger partial charge in [0.15, 0.2) is 0 Å². The Kier molecular flexibility index (Phi) is 6.50. The van der Waals surface area contributed by atoms with Crippen LogP contribution in [0.2, 0.25) is 0 Å². The van der Waals surface area contributed by atoms with E-state index in [-0.39, 0.29) is 12.5 Å². The van der Waals surface area contributed by atoms with E-state index < -0.39 is 0 Å². The highest BCUT2D eigenvalue weighted by Gasteiger charge is 2.10. The molecule has 134 valence electrons. The number of rotatable bonds is 7. The van der Waals surface area contributed by atoms with Gasteiger partial charge in [0.05, 0.1) is 13.2 Å². The van der Waals surface area contributed by atoms with Crippen LogP contribution in [0.1, 0.15) is 30.2 Å². The Morgan fingerprint density at radius 2 is 2.00 bits per heavy atom. The number of hydrazine groups is 1. The van der Waals surface area contributed by atoms with Crippen LogP contribution >= 0.6 is 0 Å². The molecule has 0 spiro atoms. The van der Waals surface area contributed by atoms with Crippen molar-refractivity contribution in [2.75, 3.05) is 13.2 Å². The van der Waals surface area contributed by atoms with Crippen molar-refractivity contribution < 1.29 is 14.6 Å². The van der Waals surface area contributed by atoms with Crippen molar-refractivity contribution in [1.82, 2.24) is 9.99 Å². The van der Waals surface area contributed by atoms with Crippen LogP contribution in [-0.2, 0) is 11.4 Å². The molecule has 0 bridgehead atoms. The first-order chi connectivity index (χ1) is 11.9. The van der Waals surface area contributed by atoms with Crippen LogP contribution in [0.3, 0.4) is 0 Å². The lowest BCUT2D eigenvalue weighted by molar-refractivity contribution is -0.129. The van der Waals surface area contributed by atoms with Crippen molar-refractivity contribution in [3.05, 3.63) is 47.2 Å². The number of hydrogen-bond acceptors (Lipinski definition) is 5. The van der Waals surface area contributed by atoms with E-state index in [2.05, 4.69) is 4.98 Å². The highest BCUT2D eigenvalue weighted by atomic mass is 16.5. The minimum atomic E-state index is -0.168. The van der Waals surface area contributed by atoms with E-state index in [0.717, 1.165) is 27.9 Å². The average molecular weight is 343 g/mol. The second-order valence-electron chi connectivity index (χ2n) is 5.94. The second-order valence-corrected chi connectivity index (χ2v) is 5.94. The van der Waals surface area contributed by atoms with Gasteiger partial charge in [0, 0.05) is 37.2 Å².